The molecule has 4 nitrogen and oxygen atoms in total. The molecule has 1 aromatic heterocycles. The third kappa shape index (κ3) is 2.67. The lowest BCUT2D eigenvalue weighted by Crippen LogP contribution is -2.10. The van der Waals surface area contributed by atoms with Crippen LogP contribution in [-0.4, -0.2) is 22.7 Å². The number of hydrogen-bond donors (Lipinski definition) is 0. The maximum Gasteiger partial charge on any atom is 0.211 e. The lowest BCUT2D eigenvalue weighted by atomic mass is 10.1. The summed E-state index contributed by atoms with van der Waals surface area (Å²) in [5.74, 6) is 0.742. The molecule has 1 aromatic carbocycles. The van der Waals surface area contributed by atoms with E-state index < -0.39 is 0 Å². The fraction of sp³-hybridized carbons (Fsp3) is 0.333. The van der Waals surface area contributed by atoms with Crippen LogP contribution in [0.4, 0.5) is 0 Å². The molecule has 0 saturated heterocycles. The number of ketones is 1. The number of carbonyl (C=O) groups excluding carboxylic acids is 1. The minimum Gasteiger partial charge on any atom is -0.497 e. The summed E-state index contributed by atoms with van der Waals surface area (Å²) in [6.07, 6.45) is 0.829. The predicted octanol–water partition coefficient (Wildman–Crippen LogP) is 2.71. The van der Waals surface area contributed by atoms with Crippen molar-refractivity contribution >= 4 is 5.78 Å². The van der Waals surface area contributed by atoms with Gasteiger partial charge >= 0.3 is 0 Å². The summed E-state index contributed by atoms with van der Waals surface area (Å²) in [6.45, 7) is 4.71. The van der Waals surface area contributed by atoms with Crippen LogP contribution in [0.3, 0.4) is 0 Å². The molecule has 2 aromatic rings. The quantitative estimate of drug-likeness (QED) is 0.774. The second-order valence-electron chi connectivity index (χ2n) is 4.25. The average molecular weight is 258 g/mol. The van der Waals surface area contributed by atoms with Crippen LogP contribution < -0.4 is 4.74 Å². The molecule has 0 aliphatic heterocycles. The van der Waals surface area contributed by atoms with Crippen molar-refractivity contribution in [3.8, 4) is 5.75 Å². The van der Waals surface area contributed by atoms with Crippen molar-refractivity contribution in [1.29, 1.82) is 0 Å². The second kappa shape index (κ2) is 5.69. The van der Waals surface area contributed by atoms with Gasteiger partial charge in [0, 0.05) is 12.1 Å². The number of ether oxygens (including phenoxy) is 1. The fourth-order valence-corrected chi connectivity index (χ4v) is 1.96. The smallest absolute Gasteiger partial charge is 0.211 e. The van der Waals surface area contributed by atoms with E-state index in [0.717, 1.165) is 17.9 Å². The van der Waals surface area contributed by atoms with Gasteiger partial charge in [-0.05, 0) is 43.7 Å². The fourth-order valence-electron chi connectivity index (χ4n) is 1.96. The van der Waals surface area contributed by atoms with Gasteiger partial charge < -0.3 is 4.74 Å². The van der Waals surface area contributed by atoms with Gasteiger partial charge in [0.25, 0.3) is 0 Å². The van der Waals surface area contributed by atoms with Crippen LogP contribution >= 0.6 is 0 Å². The largest absolute Gasteiger partial charge is 0.497 e. The molecule has 0 aliphatic rings. The maximum absolute atomic E-state index is 12.5. The standard InChI is InChI=1S/C15H18N2O2/c1-4-12-10-14(17(5-2)16-12)15(18)11-6-8-13(19-3)9-7-11/h6-10H,4-5H2,1-3H3. The van der Waals surface area contributed by atoms with E-state index in [9.17, 15) is 4.79 Å². The maximum atomic E-state index is 12.5. The molecule has 0 amide bonds. The number of benzene rings is 1. The highest BCUT2D eigenvalue weighted by atomic mass is 16.5. The summed E-state index contributed by atoms with van der Waals surface area (Å²) in [4.78, 5) is 12.5. The van der Waals surface area contributed by atoms with Gasteiger partial charge in [-0.2, -0.15) is 5.10 Å². The van der Waals surface area contributed by atoms with Crippen molar-refractivity contribution in [2.24, 2.45) is 0 Å². The van der Waals surface area contributed by atoms with Gasteiger partial charge in [-0.1, -0.05) is 6.92 Å². The summed E-state index contributed by atoms with van der Waals surface area (Å²) in [7, 11) is 1.61. The first kappa shape index (κ1) is 13.3. The Labute approximate surface area is 113 Å². The topological polar surface area (TPSA) is 44.1 Å². The Bertz CT molecular complexity index is 570. The van der Waals surface area contributed by atoms with E-state index in [4.69, 9.17) is 4.74 Å². The van der Waals surface area contributed by atoms with Gasteiger partial charge in [0.15, 0.2) is 0 Å². The van der Waals surface area contributed by atoms with Crippen LogP contribution in [0.1, 0.15) is 35.6 Å². The molecule has 4 heteroatoms. The molecule has 19 heavy (non-hydrogen) atoms. The van der Waals surface area contributed by atoms with E-state index in [1.54, 1.807) is 36.1 Å². The molecule has 0 unspecified atom stereocenters. The van der Waals surface area contributed by atoms with Crippen LogP contribution in [0.15, 0.2) is 30.3 Å². The van der Waals surface area contributed by atoms with Gasteiger partial charge in [0.2, 0.25) is 5.78 Å². The van der Waals surface area contributed by atoms with Crippen LogP contribution in [0.25, 0.3) is 0 Å². The first-order valence-electron chi connectivity index (χ1n) is 6.45. The molecule has 0 spiro atoms. The second-order valence-corrected chi connectivity index (χ2v) is 4.25. The Kier molecular flexibility index (Phi) is 4.00. The zero-order chi connectivity index (χ0) is 13.8. The van der Waals surface area contributed by atoms with Crippen molar-refractivity contribution in [3.63, 3.8) is 0 Å². The number of aryl methyl sites for hydroxylation is 2. The van der Waals surface area contributed by atoms with Crippen molar-refractivity contribution in [3.05, 3.63) is 47.3 Å². The highest BCUT2D eigenvalue weighted by Gasteiger charge is 2.15. The van der Waals surface area contributed by atoms with Gasteiger partial charge in [0.05, 0.1) is 12.8 Å². The molecule has 100 valence electrons. The first-order valence-corrected chi connectivity index (χ1v) is 6.45. The van der Waals surface area contributed by atoms with Gasteiger partial charge in [-0.3, -0.25) is 9.48 Å². The lowest BCUT2D eigenvalue weighted by Gasteiger charge is -2.04. The van der Waals surface area contributed by atoms with E-state index in [-0.39, 0.29) is 5.78 Å². The molecule has 0 N–H and O–H groups in total. The van der Waals surface area contributed by atoms with Gasteiger partial charge in [-0.25, -0.2) is 0 Å². The summed E-state index contributed by atoms with van der Waals surface area (Å²) < 4.78 is 6.85. The van der Waals surface area contributed by atoms with E-state index in [2.05, 4.69) is 5.10 Å². The normalized spacial score (nSPS) is 10.5. The van der Waals surface area contributed by atoms with Crippen LogP contribution in [0, 0.1) is 0 Å². The number of methoxy groups -OCH3 is 1. The Morgan fingerprint density at radius 3 is 2.47 bits per heavy atom. The molecule has 1 heterocycles. The van der Waals surface area contributed by atoms with Crippen molar-refractivity contribution < 1.29 is 9.53 Å². The Balaban J connectivity index is 2.34. The minimum atomic E-state index is -0.00305. The molecule has 2 rings (SSSR count). The predicted molar refractivity (Wildman–Crippen MR) is 73.7 cm³/mol. The number of nitrogens with zero attached hydrogens (tertiary/aromatic N) is 2. The number of hydrogen-bond acceptors (Lipinski definition) is 3. The monoisotopic (exact) mass is 258 g/mol. The molecule has 0 saturated carbocycles. The molecular weight excluding hydrogens is 240 g/mol. The first-order chi connectivity index (χ1) is 9.19. The zero-order valence-electron chi connectivity index (χ0n) is 11.5. The summed E-state index contributed by atoms with van der Waals surface area (Å²) in [5, 5.41) is 4.40. The number of aromatic nitrogens is 2. The van der Waals surface area contributed by atoms with E-state index >= 15 is 0 Å². The average Bonchev–Trinajstić information content (AvgIpc) is 2.90. The highest BCUT2D eigenvalue weighted by Crippen LogP contribution is 2.16. The number of rotatable bonds is 5. The molecule has 0 radical (unpaired) electrons. The molecular formula is C15H18N2O2. The van der Waals surface area contributed by atoms with Gasteiger partial charge in [-0.15, -0.1) is 0 Å². The minimum absolute atomic E-state index is 0.00305. The summed E-state index contributed by atoms with van der Waals surface area (Å²) >= 11 is 0. The Morgan fingerprint density at radius 2 is 1.95 bits per heavy atom. The zero-order valence-corrected chi connectivity index (χ0v) is 11.5. The van der Waals surface area contributed by atoms with Crippen molar-refractivity contribution in [1.82, 2.24) is 9.78 Å². The Hall–Kier alpha value is -2.10. The van der Waals surface area contributed by atoms with Crippen LogP contribution in [-0.2, 0) is 13.0 Å². The molecule has 0 aliphatic carbocycles. The molecule has 0 atom stereocenters. The van der Waals surface area contributed by atoms with Gasteiger partial charge in [0.1, 0.15) is 11.4 Å². The number of carbonyl (C=O) groups is 1. The summed E-state index contributed by atoms with van der Waals surface area (Å²) in [6, 6.07) is 9.01. The van der Waals surface area contributed by atoms with E-state index in [1.165, 1.54) is 0 Å². The summed E-state index contributed by atoms with van der Waals surface area (Å²) in [5.41, 5.74) is 2.24. The van der Waals surface area contributed by atoms with Crippen molar-refractivity contribution in [2.75, 3.05) is 7.11 Å². The molecule has 0 fully saturated rings. The third-order valence-corrected chi connectivity index (χ3v) is 3.08. The van der Waals surface area contributed by atoms with Crippen molar-refractivity contribution in [2.45, 2.75) is 26.8 Å². The van der Waals surface area contributed by atoms with Crippen LogP contribution in [0.2, 0.25) is 0 Å². The van der Waals surface area contributed by atoms with E-state index in [0.29, 0.717) is 17.8 Å². The molecule has 0 bridgehead atoms. The van der Waals surface area contributed by atoms with E-state index in [1.807, 2.05) is 19.9 Å². The van der Waals surface area contributed by atoms with Crippen LogP contribution in [0.5, 0.6) is 5.75 Å². The SMILES string of the molecule is CCc1cc(C(=O)c2ccc(OC)cc2)n(CC)n1. The Morgan fingerprint density at radius 1 is 1.26 bits per heavy atom. The highest BCUT2D eigenvalue weighted by molar-refractivity contribution is 6.08. The lowest BCUT2D eigenvalue weighted by molar-refractivity contribution is 0.102. The third-order valence-electron chi connectivity index (χ3n) is 3.08.